The molecule has 24 heavy (non-hydrogen) atoms. The molecular formula is C16H19F2N3O3. The summed E-state index contributed by atoms with van der Waals surface area (Å²) in [5.74, 6) is -3.32. The zero-order valence-electron chi connectivity index (χ0n) is 13.9. The van der Waals surface area contributed by atoms with Gasteiger partial charge in [0, 0.05) is 29.4 Å². The quantitative estimate of drug-likeness (QED) is 0.846. The van der Waals surface area contributed by atoms with E-state index in [-0.39, 0.29) is 17.9 Å². The van der Waals surface area contributed by atoms with Crippen LogP contribution in [0.5, 0.6) is 5.75 Å². The minimum absolute atomic E-state index is 0.0798. The van der Waals surface area contributed by atoms with Crippen LogP contribution >= 0.6 is 0 Å². The van der Waals surface area contributed by atoms with E-state index in [4.69, 9.17) is 4.74 Å². The lowest BCUT2D eigenvalue weighted by atomic mass is 10.0. The molecule has 0 aliphatic rings. The molecule has 0 amide bonds. The summed E-state index contributed by atoms with van der Waals surface area (Å²) in [6.45, 7) is 3.86. The van der Waals surface area contributed by atoms with Crippen LogP contribution in [0, 0.1) is 25.5 Å². The third kappa shape index (κ3) is 3.38. The van der Waals surface area contributed by atoms with Gasteiger partial charge in [0.15, 0.2) is 11.6 Å². The van der Waals surface area contributed by atoms with Crippen LogP contribution in [0.25, 0.3) is 0 Å². The fourth-order valence-corrected chi connectivity index (χ4v) is 2.71. The molecule has 0 unspecified atom stereocenters. The molecule has 0 saturated heterocycles. The van der Waals surface area contributed by atoms with E-state index >= 15 is 0 Å². The molecule has 0 aliphatic heterocycles. The van der Waals surface area contributed by atoms with Gasteiger partial charge in [-0.3, -0.25) is 14.8 Å². The fourth-order valence-electron chi connectivity index (χ4n) is 2.71. The Kier molecular flexibility index (Phi) is 5.18. The second kappa shape index (κ2) is 6.96. The standard InChI is InChI=1S/C16H19F2N3O3/c1-8-12(9(2)20-19-8)7-21(3)14(16(22)23)11-5-10(17)6-13(18)15(11)24-4/h5-6,14H,7H2,1-4H3,(H,19,20)(H,22,23)/t14-/m0/s1. The molecule has 1 aromatic carbocycles. The fraction of sp³-hybridized carbons (Fsp3) is 0.375. The Morgan fingerprint density at radius 1 is 1.42 bits per heavy atom. The number of hydrogen-bond acceptors (Lipinski definition) is 4. The van der Waals surface area contributed by atoms with Crippen molar-refractivity contribution in [3.8, 4) is 5.75 Å². The van der Waals surface area contributed by atoms with E-state index < -0.39 is 23.6 Å². The minimum atomic E-state index is -1.28. The molecule has 0 radical (unpaired) electrons. The predicted molar refractivity (Wildman–Crippen MR) is 82.8 cm³/mol. The van der Waals surface area contributed by atoms with Gasteiger partial charge in [-0.25, -0.2) is 8.78 Å². The number of likely N-dealkylation sites (N-methyl/N-ethyl adjacent to an activating group) is 1. The molecule has 1 heterocycles. The van der Waals surface area contributed by atoms with E-state index in [9.17, 15) is 18.7 Å². The molecule has 130 valence electrons. The molecule has 0 bridgehead atoms. The Bertz CT molecular complexity index is 742. The number of carboxylic acids is 1. The molecule has 2 aromatic rings. The number of aryl methyl sites for hydroxylation is 2. The van der Waals surface area contributed by atoms with Gasteiger partial charge in [-0.15, -0.1) is 0 Å². The molecule has 0 saturated carbocycles. The number of ether oxygens (including phenoxy) is 1. The highest BCUT2D eigenvalue weighted by molar-refractivity contribution is 5.76. The molecule has 2 rings (SSSR count). The number of benzene rings is 1. The zero-order chi connectivity index (χ0) is 18.0. The Morgan fingerprint density at radius 2 is 2.08 bits per heavy atom. The van der Waals surface area contributed by atoms with Crippen LogP contribution in [0.3, 0.4) is 0 Å². The van der Waals surface area contributed by atoms with Crippen LogP contribution in [-0.2, 0) is 11.3 Å². The number of carbonyl (C=O) groups is 1. The molecule has 2 N–H and O–H groups in total. The summed E-state index contributed by atoms with van der Waals surface area (Å²) in [4.78, 5) is 13.2. The van der Waals surface area contributed by atoms with Crippen molar-refractivity contribution in [1.29, 1.82) is 0 Å². The average Bonchev–Trinajstić information content (AvgIpc) is 2.78. The third-order valence-electron chi connectivity index (χ3n) is 3.90. The van der Waals surface area contributed by atoms with E-state index in [2.05, 4.69) is 10.2 Å². The number of hydrogen-bond donors (Lipinski definition) is 2. The highest BCUT2D eigenvalue weighted by Crippen LogP contribution is 2.33. The van der Waals surface area contributed by atoms with Gasteiger partial charge in [0.05, 0.1) is 12.8 Å². The summed E-state index contributed by atoms with van der Waals surface area (Å²) in [7, 11) is 2.77. The van der Waals surface area contributed by atoms with Gasteiger partial charge >= 0.3 is 5.97 Å². The molecule has 0 spiro atoms. The number of nitrogens with one attached hydrogen (secondary N) is 1. The van der Waals surface area contributed by atoms with Gasteiger partial charge in [-0.2, -0.15) is 5.10 Å². The maximum atomic E-state index is 13.9. The van der Waals surface area contributed by atoms with Gasteiger partial charge in [-0.1, -0.05) is 0 Å². The SMILES string of the molecule is COc1c(F)cc(F)cc1[C@@H](C(=O)O)N(C)Cc1c(C)n[nH]c1C. The highest BCUT2D eigenvalue weighted by atomic mass is 19.1. The first-order chi connectivity index (χ1) is 11.3. The second-order valence-corrected chi connectivity index (χ2v) is 5.58. The van der Waals surface area contributed by atoms with Crippen molar-refractivity contribution in [2.24, 2.45) is 0 Å². The Hall–Kier alpha value is -2.48. The lowest BCUT2D eigenvalue weighted by Crippen LogP contribution is -2.31. The number of aliphatic carboxylic acids is 1. The van der Waals surface area contributed by atoms with Crippen LogP contribution < -0.4 is 4.74 Å². The molecule has 8 heteroatoms. The Labute approximate surface area is 138 Å². The van der Waals surface area contributed by atoms with Crippen LogP contribution in [-0.4, -0.2) is 40.3 Å². The van der Waals surface area contributed by atoms with Crippen LogP contribution in [0.2, 0.25) is 0 Å². The average molecular weight is 339 g/mol. The first-order valence-corrected chi connectivity index (χ1v) is 7.22. The number of aromatic nitrogens is 2. The summed E-state index contributed by atoms with van der Waals surface area (Å²) >= 11 is 0. The van der Waals surface area contributed by atoms with E-state index in [1.807, 2.05) is 6.92 Å². The van der Waals surface area contributed by atoms with Crippen molar-refractivity contribution in [3.05, 3.63) is 46.3 Å². The molecule has 0 fully saturated rings. The van der Waals surface area contributed by atoms with E-state index in [1.54, 1.807) is 14.0 Å². The maximum Gasteiger partial charge on any atom is 0.325 e. The van der Waals surface area contributed by atoms with Crippen molar-refractivity contribution in [1.82, 2.24) is 15.1 Å². The number of nitrogens with zero attached hydrogens (tertiary/aromatic N) is 2. The Balaban J connectivity index is 2.45. The van der Waals surface area contributed by atoms with E-state index in [0.29, 0.717) is 6.07 Å². The lowest BCUT2D eigenvalue weighted by molar-refractivity contribution is -0.143. The minimum Gasteiger partial charge on any atom is -0.493 e. The van der Waals surface area contributed by atoms with E-state index in [1.165, 1.54) is 12.0 Å². The second-order valence-electron chi connectivity index (χ2n) is 5.58. The topological polar surface area (TPSA) is 78.5 Å². The largest absolute Gasteiger partial charge is 0.493 e. The summed E-state index contributed by atoms with van der Waals surface area (Å²) < 4.78 is 32.5. The smallest absolute Gasteiger partial charge is 0.325 e. The van der Waals surface area contributed by atoms with E-state index in [0.717, 1.165) is 23.0 Å². The number of carboxylic acid groups (broad SMARTS) is 1. The number of H-pyrrole nitrogens is 1. The first kappa shape index (κ1) is 17.9. The predicted octanol–water partition coefficient (Wildman–Crippen LogP) is 2.57. The van der Waals surface area contributed by atoms with Crippen LogP contribution in [0.15, 0.2) is 12.1 Å². The first-order valence-electron chi connectivity index (χ1n) is 7.22. The lowest BCUT2D eigenvalue weighted by Gasteiger charge is -2.26. The van der Waals surface area contributed by atoms with Crippen molar-refractivity contribution >= 4 is 5.97 Å². The number of methoxy groups -OCH3 is 1. The third-order valence-corrected chi connectivity index (χ3v) is 3.90. The summed E-state index contributed by atoms with van der Waals surface area (Å²) in [5.41, 5.74) is 2.30. The van der Waals surface area contributed by atoms with Gasteiger partial charge in [0.25, 0.3) is 0 Å². The van der Waals surface area contributed by atoms with Crippen molar-refractivity contribution in [2.75, 3.05) is 14.2 Å². The summed E-state index contributed by atoms with van der Waals surface area (Å²) in [6, 6.07) is 0.358. The number of rotatable bonds is 6. The molecular weight excluding hydrogens is 320 g/mol. The molecule has 1 aromatic heterocycles. The van der Waals surface area contributed by atoms with Crippen molar-refractivity contribution in [3.63, 3.8) is 0 Å². The normalized spacial score (nSPS) is 12.5. The summed E-state index contributed by atoms with van der Waals surface area (Å²) in [5, 5.41) is 16.5. The van der Waals surface area contributed by atoms with Gasteiger partial charge in [0.2, 0.25) is 0 Å². The molecule has 6 nitrogen and oxygen atoms in total. The summed E-state index contributed by atoms with van der Waals surface area (Å²) in [6.07, 6.45) is 0. The monoisotopic (exact) mass is 339 g/mol. The maximum absolute atomic E-state index is 13.9. The van der Waals surface area contributed by atoms with Crippen LogP contribution in [0.4, 0.5) is 8.78 Å². The van der Waals surface area contributed by atoms with Gasteiger partial charge in [0.1, 0.15) is 11.9 Å². The van der Waals surface area contributed by atoms with Crippen LogP contribution in [0.1, 0.15) is 28.6 Å². The number of halogens is 2. The molecule has 0 aliphatic carbocycles. The zero-order valence-corrected chi connectivity index (χ0v) is 13.9. The Morgan fingerprint density at radius 3 is 2.58 bits per heavy atom. The van der Waals surface area contributed by atoms with Crippen molar-refractivity contribution in [2.45, 2.75) is 26.4 Å². The molecule has 1 atom stereocenters. The highest BCUT2D eigenvalue weighted by Gasteiger charge is 2.30. The van der Waals surface area contributed by atoms with Gasteiger partial charge in [-0.05, 0) is 27.0 Å². The number of aromatic amines is 1. The van der Waals surface area contributed by atoms with Crippen molar-refractivity contribution < 1.29 is 23.4 Å². The van der Waals surface area contributed by atoms with Gasteiger partial charge < -0.3 is 9.84 Å².